The number of halogens is 1. The van der Waals surface area contributed by atoms with Gasteiger partial charge in [-0.2, -0.15) is 11.8 Å². The molecule has 0 amide bonds. The number of H-pyrrole nitrogens is 1. The molecule has 2 aliphatic heterocycles. The van der Waals surface area contributed by atoms with Gasteiger partial charge in [0.15, 0.2) is 0 Å². The summed E-state index contributed by atoms with van der Waals surface area (Å²) in [6, 6.07) is 18.1. The van der Waals surface area contributed by atoms with Crippen LogP contribution in [0.25, 0.3) is 11.3 Å². The van der Waals surface area contributed by atoms with Crippen LogP contribution in [-0.4, -0.2) is 20.9 Å². The Bertz CT molecular complexity index is 1290. The summed E-state index contributed by atoms with van der Waals surface area (Å²) >= 11 is 8.09. The van der Waals surface area contributed by atoms with Crippen LogP contribution < -0.4 is 10.5 Å². The first-order valence-electron chi connectivity index (χ1n) is 10.2. The second kappa shape index (κ2) is 7.32. The molecule has 0 fully saturated rings. The molecule has 0 saturated carbocycles. The van der Waals surface area contributed by atoms with Crippen molar-refractivity contribution in [2.24, 2.45) is 0 Å². The summed E-state index contributed by atoms with van der Waals surface area (Å²) in [4.78, 5) is 4.89. The Hall–Kier alpha value is -2.96. The molecule has 4 aromatic rings. The number of aromatic nitrogens is 3. The Morgan fingerprint density at radius 3 is 2.65 bits per heavy atom. The standard InChI is InChI=1S/C24H19ClN4OS/c25-15-8-6-13(7-9-15)18-19-21(26)16-12-31-11-10-17(16)27-23(19)30-24-20(18)22(28-29-24)14-4-2-1-3-5-14/h1-9,18H,10-12H2,(H2,26,27)(H,28,29). The average molecular weight is 447 g/mol. The van der Waals surface area contributed by atoms with E-state index in [1.807, 2.05) is 54.2 Å². The summed E-state index contributed by atoms with van der Waals surface area (Å²) in [6.45, 7) is 0. The van der Waals surface area contributed by atoms with Gasteiger partial charge in [-0.25, -0.2) is 4.98 Å². The number of aromatic amines is 1. The van der Waals surface area contributed by atoms with Crippen molar-refractivity contribution in [2.45, 2.75) is 18.1 Å². The van der Waals surface area contributed by atoms with Crippen LogP contribution in [0.1, 0.15) is 33.9 Å². The second-order valence-electron chi connectivity index (χ2n) is 7.74. The molecule has 0 spiro atoms. The fourth-order valence-corrected chi connectivity index (χ4v) is 5.61. The topological polar surface area (TPSA) is 76.8 Å². The van der Waals surface area contributed by atoms with Crippen molar-refractivity contribution in [2.75, 3.05) is 11.5 Å². The van der Waals surface area contributed by atoms with E-state index < -0.39 is 0 Å². The third-order valence-electron chi connectivity index (χ3n) is 5.97. The Kier molecular flexibility index (Phi) is 4.44. The molecule has 2 aromatic carbocycles. The largest absolute Gasteiger partial charge is 0.418 e. The fourth-order valence-electron chi connectivity index (χ4n) is 4.48. The van der Waals surface area contributed by atoms with Gasteiger partial charge in [0, 0.05) is 27.9 Å². The number of fused-ring (bicyclic) bond motifs is 3. The summed E-state index contributed by atoms with van der Waals surface area (Å²) < 4.78 is 6.24. The Labute approximate surface area is 189 Å². The van der Waals surface area contributed by atoms with E-state index in [0.29, 0.717) is 16.8 Å². The lowest BCUT2D eigenvalue weighted by molar-refractivity contribution is 0.416. The van der Waals surface area contributed by atoms with Crippen molar-refractivity contribution < 1.29 is 4.74 Å². The van der Waals surface area contributed by atoms with E-state index in [0.717, 1.165) is 62.8 Å². The number of hydrogen-bond donors (Lipinski definition) is 2. The molecule has 5 nitrogen and oxygen atoms in total. The molecule has 3 N–H and O–H groups in total. The fraction of sp³-hybridized carbons (Fsp3) is 0.167. The van der Waals surface area contributed by atoms with Crippen molar-refractivity contribution in [1.29, 1.82) is 0 Å². The third-order valence-corrected chi connectivity index (χ3v) is 7.20. The summed E-state index contributed by atoms with van der Waals surface area (Å²) in [5.41, 5.74) is 14.7. The number of nitrogen functional groups attached to an aromatic ring is 1. The Morgan fingerprint density at radius 1 is 1.03 bits per heavy atom. The van der Waals surface area contributed by atoms with Crippen LogP contribution in [0.4, 0.5) is 5.69 Å². The van der Waals surface area contributed by atoms with E-state index in [1.54, 1.807) is 0 Å². The average Bonchev–Trinajstić information content (AvgIpc) is 3.23. The van der Waals surface area contributed by atoms with Crippen LogP contribution in [0, 0.1) is 0 Å². The molecule has 0 saturated heterocycles. The second-order valence-corrected chi connectivity index (χ2v) is 9.28. The number of rotatable bonds is 2. The molecule has 2 aromatic heterocycles. The normalized spacial score (nSPS) is 16.7. The highest BCUT2D eigenvalue weighted by molar-refractivity contribution is 7.98. The molecular weight excluding hydrogens is 428 g/mol. The van der Waals surface area contributed by atoms with Gasteiger partial charge in [0.1, 0.15) is 0 Å². The highest BCUT2D eigenvalue weighted by Gasteiger charge is 2.38. The highest BCUT2D eigenvalue weighted by atomic mass is 35.5. The maximum Gasteiger partial charge on any atom is 0.244 e. The first-order chi connectivity index (χ1) is 15.2. The number of hydrogen-bond acceptors (Lipinski definition) is 5. The SMILES string of the molecule is Nc1c2c(nc3c1C(c1ccc(Cl)cc1)c1c(n[nH]c1-c1ccccc1)O3)CCSC2. The van der Waals surface area contributed by atoms with Crippen LogP contribution >= 0.6 is 23.4 Å². The van der Waals surface area contributed by atoms with Gasteiger partial charge in [-0.3, -0.25) is 5.10 Å². The summed E-state index contributed by atoms with van der Waals surface area (Å²) in [7, 11) is 0. The predicted molar refractivity (Wildman–Crippen MR) is 125 cm³/mol. The quantitative estimate of drug-likeness (QED) is 0.359. The molecule has 0 bridgehead atoms. The lowest BCUT2D eigenvalue weighted by Crippen LogP contribution is -2.19. The van der Waals surface area contributed by atoms with E-state index in [9.17, 15) is 0 Å². The number of nitrogens with one attached hydrogen (secondary N) is 1. The molecule has 0 radical (unpaired) electrons. The summed E-state index contributed by atoms with van der Waals surface area (Å²) in [5.74, 6) is 2.86. The van der Waals surface area contributed by atoms with Gasteiger partial charge in [0.25, 0.3) is 0 Å². The summed E-state index contributed by atoms with van der Waals surface area (Å²) in [5, 5.41) is 8.40. The highest BCUT2D eigenvalue weighted by Crippen LogP contribution is 2.52. The van der Waals surface area contributed by atoms with Crippen LogP contribution in [0.2, 0.25) is 5.02 Å². The van der Waals surface area contributed by atoms with Gasteiger partial charge in [0.05, 0.1) is 22.5 Å². The molecule has 1 unspecified atom stereocenters. The zero-order valence-electron chi connectivity index (χ0n) is 16.6. The lowest BCUT2D eigenvalue weighted by atomic mass is 9.81. The number of benzene rings is 2. The minimum Gasteiger partial charge on any atom is -0.418 e. The maximum absolute atomic E-state index is 6.81. The smallest absolute Gasteiger partial charge is 0.244 e. The number of thioether (sulfide) groups is 1. The molecule has 2 aliphatic rings. The molecule has 31 heavy (non-hydrogen) atoms. The minimum atomic E-state index is -0.158. The number of anilines is 1. The van der Waals surface area contributed by atoms with Crippen molar-refractivity contribution in [3.63, 3.8) is 0 Å². The zero-order chi connectivity index (χ0) is 20.9. The van der Waals surface area contributed by atoms with Crippen LogP contribution in [0.3, 0.4) is 0 Å². The zero-order valence-corrected chi connectivity index (χ0v) is 18.1. The molecule has 4 heterocycles. The number of pyridine rings is 1. The number of ether oxygens (including phenoxy) is 1. The third kappa shape index (κ3) is 3.01. The Morgan fingerprint density at radius 2 is 1.84 bits per heavy atom. The van der Waals surface area contributed by atoms with Gasteiger partial charge in [-0.15, -0.1) is 5.10 Å². The maximum atomic E-state index is 6.81. The molecule has 154 valence electrons. The van der Waals surface area contributed by atoms with E-state index in [-0.39, 0.29) is 5.92 Å². The monoisotopic (exact) mass is 446 g/mol. The Balaban J connectivity index is 1.63. The van der Waals surface area contributed by atoms with Crippen LogP contribution in [0.5, 0.6) is 11.8 Å². The van der Waals surface area contributed by atoms with E-state index in [1.165, 1.54) is 0 Å². The van der Waals surface area contributed by atoms with Crippen LogP contribution in [-0.2, 0) is 12.2 Å². The van der Waals surface area contributed by atoms with Crippen molar-refractivity contribution in [3.8, 4) is 23.0 Å². The van der Waals surface area contributed by atoms with E-state index in [4.69, 9.17) is 27.1 Å². The molecule has 0 aliphatic carbocycles. The lowest BCUT2D eigenvalue weighted by Gasteiger charge is -2.30. The summed E-state index contributed by atoms with van der Waals surface area (Å²) in [6.07, 6.45) is 0.898. The van der Waals surface area contributed by atoms with Gasteiger partial charge in [-0.1, -0.05) is 54.1 Å². The van der Waals surface area contributed by atoms with Gasteiger partial charge in [-0.05, 0) is 35.4 Å². The number of aryl methyl sites for hydroxylation is 1. The van der Waals surface area contributed by atoms with Gasteiger partial charge < -0.3 is 10.5 Å². The van der Waals surface area contributed by atoms with E-state index in [2.05, 4.69) is 22.3 Å². The van der Waals surface area contributed by atoms with Gasteiger partial charge in [0.2, 0.25) is 11.8 Å². The molecule has 1 atom stereocenters. The minimum absolute atomic E-state index is 0.158. The molecule has 7 heteroatoms. The van der Waals surface area contributed by atoms with Gasteiger partial charge >= 0.3 is 0 Å². The van der Waals surface area contributed by atoms with Crippen LogP contribution in [0.15, 0.2) is 54.6 Å². The number of nitrogens with two attached hydrogens (primary N) is 1. The van der Waals surface area contributed by atoms with Crippen molar-refractivity contribution in [3.05, 3.63) is 87.6 Å². The molecular formula is C24H19ClN4OS. The molecule has 6 rings (SSSR count). The van der Waals surface area contributed by atoms with E-state index >= 15 is 0 Å². The first kappa shape index (κ1) is 18.8. The predicted octanol–water partition coefficient (Wildman–Crippen LogP) is 5.78. The van der Waals surface area contributed by atoms with Crippen molar-refractivity contribution >= 4 is 29.1 Å². The van der Waals surface area contributed by atoms with Crippen molar-refractivity contribution in [1.82, 2.24) is 15.2 Å². The first-order valence-corrected chi connectivity index (χ1v) is 11.7. The number of nitrogens with zero attached hydrogens (tertiary/aromatic N) is 2.